The van der Waals surface area contributed by atoms with Gasteiger partial charge in [0.25, 0.3) is 0 Å². The summed E-state index contributed by atoms with van der Waals surface area (Å²) in [5, 5.41) is 6.35. The average molecular weight is 524 g/mol. The summed E-state index contributed by atoms with van der Waals surface area (Å²) in [6.07, 6.45) is 7.54. The molecule has 2 unspecified atom stereocenters. The Hall–Kier alpha value is -0.610. The summed E-state index contributed by atoms with van der Waals surface area (Å²) in [7, 11) is 0. The van der Waals surface area contributed by atoms with E-state index in [1.807, 2.05) is 6.92 Å². The lowest BCUT2D eigenvalue weighted by molar-refractivity contribution is -0.121. The highest BCUT2D eigenvalue weighted by Gasteiger charge is 2.23. The van der Waals surface area contributed by atoms with E-state index >= 15 is 0 Å². The summed E-state index contributed by atoms with van der Waals surface area (Å²) >= 11 is 0. The van der Waals surface area contributed by atoms with Crippen LogP contribution in [0, 0.1) is 0 Å². The zero-order valence-corrected chi connectivity index (χ0v) is 20.8. The third-order valence-corrected chi connectivity index (χ3v) is 5.49. The van der Waals surface area contributed by atoms with E-state index in [9.17, 15) is 4.79 Å². The van der Waals surface area contributed by atoms with E-state index in [-0.39, 0.29) is 42.0 Å². The van der Waals surface area contributed by atoms with E-state index in [1.165, 1.54) is 12.8 Å². The number of rotatable bonds is 9. The number of likely N-dealkylation sites (tertiary alicyclic amines) is 1. The molecule has 2 N–H and O–H groups in total. The number of amides is 1. The minimum absolute atomic E-state index is 0. The Labute approximate surface area is 193 Å². The molecule has 0 aromatic heterocycles. The zero-order valence-electron chi connectivity index (χ0n) is 18.5. The maximum Gasteiger partial charge on any atom is 0.222 e. The smallest absolute Gasteiger partial charge is 0.222 e. The van der Waals surface area contributed by atoms with Crippen LogP contribution in [0.3, 0.4) is 0 Å². The van der Waals surface area contributed by atoms with Crippen molar-refractivity contribution in [3.05, 3.63) is 0 Å². The molecule has 2 saturated heterocycles. The zero-order chi connectivity index (χ0) is 20.2. The van der Waals surface area contributed by atoms with Crippen molar-refractivity contribution >= 4 is 35.8 Å². The molecule has 0 bridgehead atoms. The number of guanidine groups is 1. The summed E-state index contributed by atoms with van der Waals surface area (Å²) in [6.45, 7) is 11.0. The van der Waals surface area contributed by atoms with Crippen molar-refractivity contribution < 1.29 is 14.3 Å². The van der Waals surface area contributed by atoms with E-state index in [0.717, 1.165) is 64.5 Å². The van der Waals surface area contributed by atoms with Crippen LogP contribution in [0.1, 0.15) is 65.7 Å². The van der Waals surface area contributed by atoms with Crippen molar-refractivity contribution in [2.24, 2.45) is 4.99 Å². The van der Waals surface area contributed by atoms with Crippen LogP contribution >= 0.6 is 24.0 Å². The van der Waals surface area contributed by atoms with Crippen molar-refractivity contribution in [3.63, 3.8) is 0 Å². The molecule has 2 aliphatic heterocycles. The van der Waals surface area contributed by atoms with Gasteiger partial charge in [0.15, 0.2) is 5.96 Å². The molecule has 170 valence electrons. The van der Waals surface area contributed by atoms with Gasteiger partial charge in [-0.2, -0.15) is 0 Å². The fourth-order valence-electron chi connectivity index (χ4n) is 3.55. The molecule has 1 amide bonds. The van der Waals surface area contributed by atoms with Gasteiger partial charge in [0.1, 0.15) is 0 Å². The van der Waals surface area contributed by atoms with Crippen molar-refractivity contribution in [1.82, 2.24) is 15.5 Å². The second-order valence-electron chi connectivity index (χ2n) is 7.87. The molecule has 2 atom stereocenters. The van der Waals surface area contributed by atoms with E-state index in [0.29, 0.717) is 19.1 Å². The maximum atomic E-state index is 11.9. The molecule has 29 heavy (non-hydrogen) atoms. The van der Waals surface area contributed by atoms with Gasteiger partial charge in [0.05, 0.1) is 25.4 Å². The van der Waals surface area contributed by atoms with Gasteiger partial charge in [-0.1, -0.05) is 6.92 Å². The molecule has 0 radical (unpaired) electrons. The lowest BCUT2D eigenvalue weighted by Crippen LogP contribution is -2.47. The normalized spacial score (nSPS) is 22.0. The summed E-state index contributed by atoms with van der Waals surface area (Å²) in [5.41, 5.74) is 0. The first kappa shape index (κ1) is 26.4. The number of aliphatic imine (C=N–C) groups is 1. The Balaban J connectivity index is 0.00000420. The van der Waals surface area contributed by atoms with E-state index in [2.05, 4.69) is 34.4 Å². The standard InChI is InChI=1S/C21H40N4O3.HI/c1-4-17(3)24-20(26)9-12-23-21(22-5-2)25-13-10-18(11-14-25)28-16-19-8-6-7-15-27-19;/h17-19H,4-16H2,1-3H3,(H,22,23)(H,24,26);1H. The Kier molecular flexibility index (Phi) is 13.9. The molecule has 0 aliphatic carbocycles. The third-order valence-electron chi connectivity index (χ3n) is 5.49. The number of nitrogens with zero attached hydrogens (tertiary/aromatic N) is 2. The number of ether oxygens (including phenoxy) is 2. The van der Waals surface area contributed by atoms with Gasteiger partial charge in [-0.05, 0) is 52.4 Å². The molecule has 8 heteroatoms. The highest BCUT2D eigenvalue weighted by molar-refractivity contribution is 14.0. The van der Waals surface area contributed by atoms with Crippen molar-refractivity contribution in [3.8, 4) is 0 Å². The Morgan fingerprint density at radius 3 is 2.62 bits per heavy atom. The first-order valence-corrected chi connectivity index (χ1v) is 11.2. The topological polar surface area (TPSA) is 75.2 Å². The lowest BCUT2D eigenvalue weighted by Gasteiger charge is -2.35. The molecule has 0 aromatic rings. The fourth-order valence-corrected chi connectivity index (χ4v) is 3.55. The Morgan fingerprint density at radius 2 is 2.00 bits per heavy atom. The second-order valence-corrected chi connectivity index (χ2v) is 7.87. The summed E-state index contributed by atoms with van der Waals surface area (Å²) < 4.78 is 11.9. The number of carbonyl (C=O) groups is 1. The van der Waals surface area contributed by atoms with Crippen LogP contribution in [0.5, 0.6) is 0 Å². The monoisotopic (exact) mass is 524 g/mol. The first-order valence-electron chi connectivity index (χ1n) is 11.2. The number of hydrogen-bond acceptors (Lipinski definition) is 4. The minimum atomic E-state index is 0. The summed E-state index contributed by atoms with van der Waals surface area (Å²) in [5.74, 6) is 0.985. The van der Waals surface area contributed by atoms with Crippen LogP contribution in [0.15, 0.2) is 4.99 Å². The van der Waals surface area contributed by atoms with Gasteiger partial charge in [0.2, 0.25) is 5.91 Å². The number of piperidine rings is 1. The predicted octanol–water partition coefficient (Wildman–Crippen LogP) is 2.92. The van der Waals surface area contributed by atoms with E-state index in [1.54, 1.807) is 0 Å². The number of hydrogen-bond donors (Lipinski definition) is 2. The molecule has 2 rings (SSSR count). The molecular weight excluding hydrogens is 483 g/mol. The van der Waals surface area contributed by atoms with E-state index in [4.69, 9.17) is 9.47 Å². The van der Waals surface area contributed by atoms with Gasteiger partial charge in [0, 0.05) is 38.7 Å². The average Bonchev–Trinajstić information content (AvgIpc) is 2.72. The Bertz CT molecular complexity index is 479. The highest BCUT2D eigenvalue weighted by atomic mass is 127. The molecule has 0 aromatic carbocycles. The van der Waals surface area contributed by atoms with Crippen LogP contribution in [0.4, 0.5) is 0 Å². The molecule has 2 fully saturated rings. The van der Waals surface area contributed by atoms with Gasteiger partial charge >= 0.3 is 0 Å². The quantitative estimate of drug-likeness (QED) is 0.276. The van der Waals surface area contributed by atoms with Gasteiger partial charge in [-0.25, -0.2) is 0 Å². The summed E-state index contributed by atoms with van der Waals surface area (Å²) in [6, 6.07) is 0.225. The summed E-state index contributed by atoms with van der Waals surface area (Å²) in [4.78, 5) is 18.9. The van der Waals surface area contributed by atoms with Crippen LogP contribution in [0.25, 0.3) is 0 Å². The molecule has 7 nitrogen and oxygen atoms in total. The van der Waals surface area contributed by atoms with E-state index < -0.39 is 0 Å². The number of carbonyl (C=O) groups excluding carboxylic acids is 1. The van der Waals surface area contributed by atoms with Crippen LogP contribution < -0.4 is 10.6 Å². The highest BCUT2D eigenvalue weighted by Crippen LogP contribution is 2.18. The SMILES string of the molecule is CCNC(=NCCC(=O)NC(C)CC)N1CCC(OCC2CCCCO2)CC1.I. The molecule has 0 saturated carbocycles. The van der Waals surface area contributed by atoms with Gasteiger partial charge in [-0.15, -0.1) is 24.0 Å². The van der Waals surface area contributed by atoms with Gasteiger partial charge < -0.3 is 25.0 Å². The predicted molar refractivity (Wildman–Crippen MR) is 128 cm³/mol. The van der Waals surface area contributed by atoms with Crippen molar-refractivity contribution in [2.75, 3.05) is 39.4 Å². The van der Waals surface area contributed by atoms with Crippen LogP contribution in [-0.4, -0.2) is 74.4 Å². The Morgan fingerprint density at radius 1 is 1.24 bits per heavy atom. The largest absolute Gasteiger partial charge is 0.376 e. The molecule has 2 aliphatic rings. The third kappa shape index (κ3) is 10.3. The molecule has 2 heterocycles. The van der Waals surface area contributed by atoms with Crippen molar-refractivity contribution in [2.45, 2.75) is 84.0 Å². The minimum Gasteiger partial charge on any atom is -0.376 e. The number of halogens is 1. The first-order chi connectivity index (χ1) is 13.6. The van der Waals surface area contributed by atoms with Gasteiger partial charge in [-0.3, -0.25) is 9.79 Å². The van der Waals surface area contributed by atoms with Crippen LogP contribution in [0.2, 0.25) is 0 Å². The second kappa shape index (κ2) is 15.2. The number of nitrogens with one attached hydrogen (secondary N) is 2. The fraction of sp³-hybridized carbons (Fsp3) is 0.905. The molecule has 0 spiro atoms. The van der Waals surface area contributed by atoms with Crippen LogP contribution in [-0.2, 0) is 14.3 Å². The van der Waals surface area contributed by atoms with Crippen molar-refractivity contribution in [1.29, 1.82) is 0 Å². The maximum absolute atomic E-state index is 11.9. The molecular formula is C21H41IN4O3. The lowest BCUT2D eigenvalue weighted by atomic mass is 10.1.